The SMILES string of the molecule is COc1ncnc2c1[nH]c(=S)n2-c1ccc(C#N)cc1. The Bertz CT molecular complexity index is 872. The highest BCUT2D eigenvalue weighted by molar-refractivity contribution is 7.71. The van der Waals surface area contributed by atoms with Gasteiger partial charge < -0.3 is 9.72 Å². The van der Waals surface area contributed by atoms with Crippen molar-refractivity contribution in [1.82, 2.24) is 19.5 Å². The molecule has 0 amide bonds. The number of nitrogens with zero attached hydrogens (tertiary/aromatic N) is 4. The van der Waals surface area contributed by atoms with Gasteiger partial charge in [0.05, 0.1) is 24.4 Å². The van der Waals surface area contributed by atoms with E-state index >= 15 is 0 Å². The predicted molar refractivity (Wildman–Crippen MR) is 75.3 cm³/mol. The summed E-state index contributed by atoms with van der Waals surface area (Å²) in [5.74, 6) is 0.438. The smallest absolute Gasteiger partial charge is 0.242 e. The van der Waals surface area contributed by atoms with Gasteiger partial charge in [-0.2, -0.15) is 10.2 Å². The molecule has 0 saturated heterocycles. The molecule has 6 nitrogen and oxygen atoms in total. The van der Waals surface area contributed by atoms with Gasteiger partial charge in [0, 0.05) is 0 Å². The number of methoxy groups -OCH3 is 1. The Morgan fingerprint density at radius 2 is 2.05 bits per heavy atom. The molecule has 0 aliphatic rings. The lowest BCUT2D eigenvalue weighted by Crippen LogP contribution is -1.97. The highest BCUT2D eigenvalue weighted by Gasteiger charge is 2.12. The van der Waals surface area contributed by atoms with Crippen LogP contribution in [-0.4, -0.2) is 26.6 Å². The van der Waals surface area contributed by atoms with Crippen LogP contribution in [0.1, 0.15) is 5.56 Å². The van der Waals surface area contributed by atoms with Crippen molar-refractivity contribution in [2.45, 2.75) is 0 Å². The number of aromatic amines is 1. The first-order chi connectivity index (χ1) is 9.74. The first-order valence-electron chi connectivity index (χ1n) is 5.75. The van der Waals surface area contributed by atoms with Crippen molar-refractivity contribution < 1.29 is 4.74 Å². The number of aromatic nitrogens is 4. The summed E-state index contributed by atoms with van der Waals surface area (Å²) in [5, 5.41) is 8.83. The molecule has 7 heteroatoms. The molecule has 20 heavy (non-hydrogen) atoms. The highest BCUT2D eigenvalue weighted by atomic mass is 32.1. The van der Waals surface area contributed by atoms with E-state index in [-0.39, 0.29) is 0 Å². The van der Waals surface area contributed by atoms with Crippen LogP contribution in [0.5, 0.6) is 5.88 Å². The van der Waals surface area contributed by atoms with Crippen LogP contribution < -0.4 is 4.74 Å². The minimum atomic E-state index is 0.438. The van der Waals surface area contributed by atoms with Crippen LogP contribution in [0.3, 0.4) is 0 Å². The number of rotatable bonds is 2. The first kappa shape index (κ1) is 12.3. The van der Waals surface area contributed by atoms with Gasteiger partial charge in [0.25, 0.3) is 0 Å². The van der Waals surface area contributed by atoms with Gasteiger partial charge in [-0.1, -0.05) is 0 Å². The minimum Gasteiger partial charge on any atom is -0.479 e. The molecule has 2 aromatic heterocycles. The molecule has 2 heterocycles. The van der Waals surface area contributed by atoms with Gasteiger partial charge in [0.1, 0.15) is 11.8 Å². The maximum absolute atomic E-state index is 8.83. The quantitative estimate of drug-likeness (QED) is 0.730. The topological polar surface area (TPSA) is 79.5 Å². The normalized spacial score (nSPS) is 10.4. The van der Waals surface area contributed by atoms with E-state index in [1.807, 2.05) is 12.1 Å². The van der Waals surface area contributed by atoms with E-state index in [0.717, 1.165) is 5.69 Å². The molecule has 0 fully saturated rings. The van der Waals surface area contributed by atoms with E-state index in [1.165, 1.54) is 13.4 Å². The third-order valence-electron chi connectivity index (χ3n) is 2.89. The lowest BCUT2D eigenvalue weighted by atomic mass is 10.2. The predicted octanol–water partition coefficient (Wildman–Crippen LogP) is 2.36. The number of hydrogen-bond donors (Lipinski definition) is 1. The number of ether oxygens (including phenoxy) is 1. The van der Waals surface area contributed by atoms with Crippen LogP contribution in [0.15, 0.2) is 30.6 Å². The average Bonchev–Trinajstić information content (AvgIpc) is 2.83. The molecular weight excluding hydrogens is 274 g/mol. The third-order valence-corrected chi connectivity index (χ3v) is 3.17. The van der Waals surface area contributed by atoms with E-state index in [2.05, 4.69) is 21.0 Å². The number of fused-ring (bicyclic) bond motifs is 1. The Balaban J connectivity index is 2.28. The molecule has 3 rings (SSSR count). The molecule has 0 unspecified atom stereocenters. The highest BCUT2D eigenvalue weighted by Crippen LogP contribution is 2.23. The summed E-state index contributed by atoms with van der Waals surface area (Å²) in [6.45, 7) is 0. The molecule has 0 atom stereocenters. The van der Waals surface area contributed by atoms with Crippen molar-refractivity contribution in [3.8, 4) is 17.6 Å². The second-order valence-electron chi connectivity index (χ2n) is 4.01. The second kappa shape index (κ2) is 4.75. The van der Waals surface area contributed by atoms with E-state index in [0.29, 0.717) is 27.4 Å². The van der Waals surface area contributed by atoms with Gasteiger partial charge in [0.2, 0.25) is 5.88 Å². The molecule has 0 spiro atoms. The maximum atomic E-state index is 8.83. The van der Waals surface area contributed by atoms with Gasteiger partial charge in [-0.05, 0) is 36.5 Å². The number of imidazole rings is 1. The van der Waals surface area contributed by atoms with Crippen molar-refractivity contribution in [1.29, 1.82) is 5.26 Å². The fourth-order valence-corrected chi connectivity index (χ4v) is 2.27. The summed E-state index contributed by atoms with van der Waals surface area (Å²) in [7, 11) is 1.54. The van der Waals surface area contributed by atoms with Crippen molar-refractivity contribution in [2.24, 2.45) is 0 Å². The zero-order valence-electron chi connectivity index (χ0n) is 10.5. The molecule has 0 bridgehead atoms. The van der Waals surface area contributed by atoms with Crippen LogP contribution >= 0.6 is 12.2 Å². The number of H-pyrrole nitrogens is 1. The number of benzene rings is 1. The molecule has 1 aromatic carbocycles. The zero-order chi connectivity index (χ0) is 14.1. The van der Waals surface area contributed by atoms with Gasteiger partial charge in [-0.15, -0.1) is 0 Å². The van der Waals surface area contributed by atoms with E-state index in [4.69, 9.17) is 22.2 Å². The molecule has 0 saturated carbocycles. The number of hydrogen-bond acceptors (Lipinski definition) is 5. The number of nitrogens with one attached hydrogen (secondary N) is 1. The van der Waals surface area contributed by atoms with Gasteiger partial charge in [-0.3, -0.25) is 4.57 Å². The Kier molecular flexibility index (Phi) is 2.93. The molecule has 0 aliphatic carbocycles. The molecule has 0 radical (unpaired) electrons. The summed E-state index contributed by atoms with van der Waals surface area (Å²) in [6.07, 6.45) is 1.42. The third kappa shape index (κ3) is 1.83. The van der Waals surface area contributed by atoms with Crippen LogP contribution in [0, 0.1) is 16.1 Å². The summed E-state index contributed by atoms with van der Waals surface area (Å²) >= 11 is 5.32. The largest absolute Gasteiger partial charge is 0.479 e. The Morgan fingerprint density at radius 3 is 2.70 bits per heavy atom. The molecule has 1 N–H and O–H groups in total. The minimum absolute atomic E-state index is 0.438. The van der Waals surface area contributed by atoms with Gasteiger partial charge >= 0.3 is 0 Å². The Labute approximate surface area is 119 Å². The summed E-state index contributed by atoms with van der Waals surface area (Å²) in [4.78, 5) is 11.3. The molecular formula is C13H9N5OS. The van der Waals surface area contributed by atoms with Crippen molar-refractivity contribution in [2.75, 3.05) is 7.11 Å². The average molecular weight is 283 g/mol. The standard InChI is InChI=1S/C13H9N5OS/c1-19-12-10-11(15-7-16-12)18(13(20)17-10)9-4-2-8(6-14)3-5-9/h2-5,7H,1H3,(H,17,20). The molecule has 98 valence electrons. The van der Waals surface area contributed by atoms with Gasteiger partial charge in [-0.25, -0.2) is 4.98 Å². The monoisotopic (exact) mass is 283 g/mol. The van der Waals surface area contributed by atoms with E-state index in [9.17, 15) is 0 Å². The summed E-state index contributed by atoms with van der Waals surface area (Å²) in [5.41, 5.74) is 2.68. The van der Waals surface area contributed by atoms with Gasteiger partial charge in [0.15, 0.2) is 10.4 Å². The second-order valence-corrected chi connectivity index (χ2v) is 4.39. The lowest BCUT2D eigenvalue weighted by Gasteiger charge is -2.04. The van der Waals surface area contributed by atoms with Crippen LogP contribution in [0.4, 0.5) is 0 Å². The lowest BCUT2D eigenvalue weighted by molar-refractivity contribution is 0.401. The summed E-state index contributed by atoms with van der Waals surface area (Å²) < 4.78 is 7.45. The van der Waals surface area contributed by atoms with E-state index in [1.54, 1.807) is 16.7 Å². The van der Waals surface area contributed by atoms with Crippen LogP contribution in [0.25, 0.3) is 16.9 Å². The number of nitriles is 1. The van der Waals surface area contributed by atoms with Crippen LogP contribution in [0.2, 0.25) is 0 Å². The van der Waals surface area contributed by atoms with Crippen LogP contribution in [-0.2, 0) is 0 Å². The Hall–Kier alpha value is -2.72. The van der Waals surface area contributed by atoms with Crippen molar-refractivity contribution >= 4 is 23.4 Å². The zero-order valence-corrected chi connectivity index (χ0v) is 11.3. The Morgan fingerprint density at radius 1 is 1.30 bits per heavy atom. The fourth-order valence-electron chi connectivity index (χ4n) is 1.98. The van der Waals surface area contributed by atoms with Crippen molar-refractivity contribution in [3.05, 3.63) is 40.9 Å². The van der Waals surface area contributed by atoms with E-state index < -0.39 is 0 Å². The fraction of sp³-hybridized carbons (Fsp3) is 0.0769. The first-order valence-corrected chi connectivity index (χ1v) is 6.15. The molecule has 0 aliphatic heterocycles. The summed E-state index contributed by atoms with van der Waals surface area (Å²) in [6, 6.07) is 9.17. The van der Waals surface area contributed by atoms with Crippen molar-refractivity contribution in [3.63, 3.8) is 0 Å². The molecule has 3 aromatic rings. The maximum Gasteiger partial charge on any atom is 0.242 e.